The zero-order valence-electron chi connectivity index (χ0n) is 10.4. The van der Waals surface area contributed by atoms with Crippen molar-refractivity contribution in [3.05, 3.63) is 34.4 Å². The molecule has 0 aliphatic heterocycles. The molecule has 0 saturated heterocycles. The highest BCUT2D eigenvalue weighted by atomic mass is 35.5. The van der Waals surface area contributed by atoms with Crippen molar-refractivity contribution >= 4 is 11.6 Å². The van der Waals surface area contributed by atoms with Gasteiger partial charge in [0, 0.05) is 11.6 Å². The third-order valence-corrected chi connectivity index (χ3v) is 3.09. The second-order valence-corrected chi connectivity index (χ2v) is 5.01. The Kier molecular flexibility index (Phi) is 5.34. The highest BCUT2D eigenvalue weighted by Gasteiger charge is 2.17. The minimum absolute atomic E-state index is 0.176. The largest absolute Gasteiger partial charge is 0.313 e. The van der Waals surface area contributed by atoms with Gasteiger partial charge in [0.05, 0.1) is 5.02 Å². The van der Waals surface area contributed by atoms with E-state index in [2.05, 4.69) is 19.2 Å². The first-order valence-electron chi connectivity index (χ1n) is 5.77. The van der Waals surface area contributed by atoms with E-state index >= 15 is 0 Å². The van der Waals surface area contributed by atoms with Crippen molar-refractivity contribution in [3.8, 4) is 0 Å². The number of hydrogen-bond donors (Lipinski definition) is 1. The van der Waals surface area contributed by atoms with Gasteiger partial charge in [0.15, 0.2) is 0 Å². The van der Waals surface area contributed by atoms with Crippen LogP contribution in [0.1, 0.15) is 38.3 Å². The van der Waals surface area contributed by atoms with E-state index in [0.717, 1.165) is 18.9 Å². The van der Waals surface area contributed by atoms with Gasteiger partial charge in [-0.05, 0) is 37.9 Å². The zero-order chi connectivity index (χ0) is 13.0. The molecule has 4 heteroatoms. The number of hydrogen-bond acceptors (Lipinski definition) is 1. The number of rotatable bonds is 5. The third-order valence-electron chi connectivity index (χ3n) is 2.80. The van der Waals surface area contributed by atoms with Gasteiger partial charge in [-0.15, -0.1) is 0 Å². The van der Waals surface area contributed by atoms with E-state index in [4.69, 9.17) is 11.6 Å². The SMILES string of the molecule is CNC(CCC(C)C)c1cc(F)c(Cl)cc1F. The highest BCUT2D eigenvalue weighted by molar-refractivity contribution is 6.30. The standard InChI is InChI=1S/C13H18ClF2N/c1-8(2)4-5-13(17-3)9-6-12(16)10(14)7-11(9)15/h6-8,13,17H,4-5H2,1-3H3. The zero-order valence-corrected chi connectivity index (χ0v) is 11.1. The van der Waals surface area contributed by atoms with Crippen LogP contribution in [0, 0.1) is 17.6 Å². The molecule has 1 unspecified atom stereocenters. The lowest BCUT2D eigenvalue weighted by atomic mass is 9.97. The average Bonchev–Trinajstić information content (AvgIpc) is 2.25. The van der Waals surface area contributed by atoms with Crippen molar-refractivity contribution in [2.45, 2.75) is 32.7 Å². The molecule has 0 radical (unpaired) electrons. The maximum absolute atomic E-state index is 13.7. The van der Waals surface area contributed by atoms with Crippen LogP contribution in [0.2, 0.25) is 5.02 Å². The molecule has 96 valence electrons. The molecule has 1 N–H and O–H groups in total. The lowest BCUT2D eigenvalue weighted by molar-refractivity contribution is 0.446. The lowest BCUT2D eigenvalue weighted by Crippen LogP contribution is -2.18. The van der Waals surface area contributed by atoms with Crippen LogP contribution in [0.3, 0.4) is 0 Å². The van der Waals surface area contributed by atoms with Gasteiger partial charge in [-0.3, -0.25) is 0 Å². The molecule has 0 amide bonds. The van der Waals surface area contributed by atoms with Crippen LogP contribution < -0.4 is 5.32 Å². The molecule has 17 heavy (non-hydrogen) atoms. The van der Waals surface area contributed by atoms with E-state index in [1.165, 1.54) is 6.07 Å². The summed E-state index contributed by atoms with van der Waals surface area (Å²) in [5, 5.41) is 2.84. The monoisotopic (exact) mass is 261 g/mol. The Labute approximate surface area is 106 Å². The van der Waals surface area contributed by atoms with Gasteiger partial charge in [0.2, 0.25) is 0 Å². The van der Waals surface area contributed by atoms with Crippen LogP contribution in [0.5, 0.6) is 0 Å². The quantitative estimate of drug-likeness (QED) is 0.779. The molecule has 0 heterocycles. The summed E-state index contributed by atoms with van der Waals surface area (Å²) in [4.78, 5) is 0. The summed E-state index contributed by atoms with van der Waals surface area (Å²) in [5.41, 5.74) is 0.343. The van der Waals surface area contributed by atoms with Gasteiger partial charge >= 0.3 is 0 Å². The fourth-order valence-corrected chi connectivity index (χ4v) is 1.91. The second kappa shape index (κ2) is 6.31. The summed E-state index contributed by atoms with van der Waals surface area (Å²) in [7, 11) is 1.75. The van der Waals surface area contributed by atoms with E-state index < -0.39 is 11.6 Å². The minimum atomic E-state index is -0.576. The predicted octanol–water partition coefficient (Wildman–Crippen LogP) is 4.31. The van der Waals surface area contributed by atoms with Crippen molar-refractivity contribution < 1.29 is 8.78 Å². The molecule has 1 aromatic rings. The van der Waals surface area contributed by atoms with Gasteiger partial charge in [-0.2, -0.15) is 0 Å². The molecular weight excluding hydrogens is 244 g/mol. The summed E-state index contributed by atoms with van der Waals surface area (Å²) in [5.74, 6) is -0.501. The Balaban J connectivity index is 2.91. The molecule has 0 fully saturated rings. The van der Waals surface area contributed by atoms with Crippen molar-refractivity contribution in [1.29, 1.82) is 0 Å². The molecule has 0 aromatic heterocycles. The topological polar surface area (TPSA) is 12.0 Å². The second-order valence-electron chi connectivity index (χ2n) is 4.60. The first-order chi connectivity index (χ1) is 7.95. The number of halogens is 3. The van der Waals surface area contributed by atoms with Crippen LogP contribution >= 0.6 is 11.6 Å². The first-order valence-corrected chi connectivity index (χ1v) is 6.15. The Hall–Kier alpha value is -0.670. The average molecular weight is 262 g/mol. The summed E-state index contributed by atoms with van der Waals surface area (Å²) in [6, 6.07) is 2.04. The maximum atomic E-state index is 13.7. The fourth-order valence-electron chi connectivity index (χ4n) is 1.76. The van der Waals surface area contributed by atoms with E-state index in [1.807, 2.05) is 0 Å². The maximum Gasteiger partial charge on any atom is 0.142 e. The Morgan fingerprint density at radius 2 is 1.82 bits per heavy atom. The van der Waals surface area contributed by atoms with Crippen LogP contribution in [-0.4, -0.2) is 7.05 Å². The molecule has 0 aliphatic carbocycles. The van der Waals surface area contributed by atoms with Gasteiger partial charge in [-0.1, -0.05) is 25.4 Å². The summed E-state index contributed by atoms with van der Waals surface area (Å²) >= 11 is 5.53. The highest BCUT2D eigenvalue weighted by Crippen LogP contribution is 2.27. The fraction of sp³-hybridized carbons (Fsp3) is 0.538. The third kappa shape index (κ3) is 3.93. The molecule has 0 aliphatic rings. The van der Waals surface area contributed by atoms with Gasteiger partial charge in [0.1, 0.15) is 11.6 Å². The van der Waals surface area contributed by atoms with Gasteiger partial charge in [-0.25, -0.2) is 8.78 Å². The van der Waals surface area contributed by atoms with Crippen LogP contribution in [0.4, 0.5) is 8.78 Å². The number of benzene rings is 1. The summed E-state index contributed by atoms with van der Waals surface area (Å²) in [6.07, 6.45) is 1.72. The van der Waals surface area contributed by atoms with Crippen LogP contribution in [-0.2, 0) is 0 Å². The van der Waals surface area contributed by atoms with Crippen LogP contribution in [0.25, 0.3) is 0 Å². The summed E-state index contributed by atoms with van der Waals surface area (Å²) in [6.45, 7) is 4.21. The molecule has 1 atom stereocenters. The predicted molar refractivity (Wildman–Crippen MR) is 67.2 cm³/mol. The van der Waals surface area contributed by atoms with Crippen molar-refractivity contribution in [2.24, 2.45) is 5.92 Å². The minimum Gasteiger partial charge on any atom is -0.313 e. The van der Waals surface area contributed by atoms with E-state index in [0.29, 0.717) is 11.5 Å². The molecular formula is C13H18ClF2N. The molecule has 0 saturated carbocycles. The molecule has 1 aromatic carbocycles. The van der Waals surface area contributed by atoms with E-state index in [-0.39, 0.29) is 11.1 Å². The lowest BCUT2D eigenvalue weighted by Gasteiger charge is -2.18. The van der Waals surface area contributed by atoms with Gasteiger partial charge < -0.3 is 5.32 Å². The molecule has 1 nitrogen and oxygen atoms in total. The molecule has 0 bridgehead atoms. The van der Waals surface area contributed by atoms with Crippen molar-refractivity contribution in [3.63, 3.8) is 0 Å². The van der Waals surface area contributed by atoms with Crippen LogP contribution in [0.15, 0.2) is 12.1 Å². The van der Waals surface area contributed by atoms with Gasteiger partial charge in [0.25, 0.3) is 0 Å². The van der Waals surface area contributed by atoms with E-state index in [1.54, 1.807) is 7.05 Å². The van der Waals surface area contributed by atoms with Crippen molar-refractivity contribution in [2.75, 3.05) is 7.05 Å². The smallest absolute Gasteiger partial charge is 0.142 e. The Morgan fingerprint density at radius 1 is 1.18 bits per heavy atom. The Morgan fingerprint density at radius 3 is 2.35 bits per heavy atom. The molecule has 1 rings (SSSR count). The number of nitrogens with one attached hydrogen (secondary N) is 1. The Bertz CT molecular complexity index is 380. The normalized spacial score (nSPS) is 13.1. The van der Waals surface area contributed by atoms with Crippen molar-refractivity contribution in [1.82, 2.24) is 5.32 Å². The van der Waals surface area contributed by atoms with E-state index in [9.17, 15) is 8.78 Å². The molecule has 0 spiro atoms. The summed E-state index contributed by atoms with van der Waals surface area (Å²) < 4.78 is 27.0. The first kappa shape index (κ1) is 14.4.